The van der Waals surface area contributed by atoms with Gasteiger partial charge in [0.25, 0.3) is 11.6 Å². The Morgan fingerprint density at radius 1 is 1.65 bits per heavy atom. The van der Waals surface area contributed by atoms with Crippen molar-refractivity contribution in [2.24, 2.45) is 0 Å². The lowest BCUT2D eigenvalue weighted by molar-refractivity contribution is -0.391. The van der Waals surface area contributed by atoms with Crippen LogP contribution in [0.1, 0.15) is 22.3 Å². The molecule has 0 aliphatic rings. The summed E-state index contributed by atoms with van der Waals surface area (Å²) in [6.07, 6.45) is -3.15. The van der Waals surface area contributed by atoms with Crippen LogP contribution in [0.15, 0.2) is 6.07 Å². The lowest BCUT2D eigenvalue weighted by atomic mass is 10.2. The summed E-state index contributed by atoms with van der Waals surface area (Å²) in [5, 5.41) is 9.90. The first kappa shape index (κ1) is 13.2. The Kier molecular flexibility index (Phi) is 3.89. The van der Waals surface area contributed by atoms with E-state index in [9.17, 15) is 23.7 Å². The standard InChI is InChI=1S/C8H5ClF2N2O4/c1-17-8(14)3-2-4(6(10)11)7(13(15)16)12-5(3)9/h2,6H,1H3. The molecule has 6 nitrogen and oxygen atoms in total. The van der Waals surface area contributed by atoms with Gasteiger partial charge in [-0.15, -0.1) is 0 Å². The predicted molar refractivity (Wildman–Crippen MR) is 52.2 cm³/mol. The summed E-state index contributed by atoms with van der Waals surface area (Å²) < 4.78 is 29.3. The first-order valence-corrected chi connectivity index (χ1v) is 4.47. The summed E-state index contributed by atoms with van der Waals surface area (Å²) in [4.78, 5) is 23.6. The third-order valence-corrected chi connectivity index (χ3v) is 2.09. The van der Waals surface area contributed by atoms with E-state index in [1.54, 1.807) is 0 Å². The minimum Gasteiger partial charge on any atom is -0.465 e. The van der Waals surface area contributed by atoms with Gasteiger partial charge < -0.3 is 14.9 Å². The number of nitrogens with zero attached hydrogens (tertiary/aromatic N) is 2. The summed E-state index contributed by atoms with van der Waals surface area (Å²) in [7, 11) is 1.02. The van der Waals surface area contributed by atoms with E-state index in [1.165, 1.54) is 0 Å². The Morgan fingerprint density at radius 3 is 2.65 bits per heavy atom. The number of nitro groups is 1. The highest BCUT2D eigenvalue weighted by Crippen LogP contribution is 2.31. The molecule has 0 saturated heterocycles. The second kappa shape index (κ2) is 5.00. The number of rotatable bonds is 3. The van der Waals surface area contributed by atoms with Gasteiger partial charge in [0.2, 0.25) is 0 Å². The quantitative estimate of drug-likeness (QED) is 0.363. The highest BCUT2D eigenvalue weighted by atomic mass is 35.5. The molecule has 1 aromatic heterocycles. The van der Waals surface area contributed by atoms with Crippen LogP contribution in [0.5, 0.6) is 0 Å². The van der Waals surface area contributed by atoms with E-state index < -0.39 is 39.4 Å². The molecule has 1 rings (SSSR count). The van der Waals surface area contributed by atoms with Crippen molar-refractivity contribution in [3.8, 4) is 0 Å². The largest absolute Gasteiger partial charge is 0.465 e. The molecule has 0 fully saturated rings. The minimum atomic E-state index is -3.15. The summed E-state index contributed by atoms with van der Waals surface area (Å²) >= 11 is 5.46. The first-order valence-electron chi connectivity index (χ1n) is 4.09. The van der Waals surface area contributed by atoms with Gasteiger partial charge in [0.15, 0.2) is 0 Å². The Balaban J connectivity index is 3.45. The zero-order valence-electron chi connectivity index (χ0n) is 8.32. The molecule has 0 spiro atoms. The number of halogens is 3. The Bertz CT molecular complexity index is 481. The predicted octanol–water partition coefficient (Wildman–Crippen LogP) is 2.37. The normalized spacial score (nSPS) is 10.4. The molecule has 0 aromatic carbocycles. The summed E-state index contributed by atoms with van der Waals surface area (Å²) in [6.45, 7) is 0. The van der Waals surface area contributed by atoms with Crippen LogP contribution in [-0.2, 0) is 4.74 Å². The Hall–Kier alpha value is -1.83. The number of esters is 1. The fourth-order valence-electron chi connectivity index (χ4n) is 1.06. The molecule has 0 N–H and O–H groups in total. The number of carbonyl (C=O) groups excluding carboxylic acids is 1. The molecule has 0 bridgehead atoms. The smallest absolute Gasteiger partial charge is 0.374 e. The maximum absolute atomic E-state index is 12.5. The average molecular weight is 267 g/mol. The second-order valence-electron chi connectivity index (χ2n) is 2.79. The molecule has 0 amide bonds. The van der Waals surface area contributed by atoms with Gasteiger partial charge in [-0.05, 0) is 27.6 Å². The molecular formula is C8H5ClF2N2O4. The topological polar surface area (TPSA) is 82.3 Å². The number of hydrogen-bond acceptors (Lipinski definition) is 5. The summed E-state index contributed by atoms with van der Waals surface area (Å²) in [6, 6.07) is 0.601. The highest BCUT2D eigenvalue weighted by Gasteiger charge is 2.29. The highest BCUT2D eigenvalue weighted by molar-refractivity contribution is 6.32. The molecule has 1 aromatic rings. The number of carbonyl (C=O) groups is 1. The van der Waals surface area contributed by atoms with Crippen molar-refractivity contribution < 1.29 is 23.2 Å². The van der Waals surface area contributed by atoms with Gasteiger partial charge in [-0.1, -0.05) is 0 Å². The molecule has 0 atom stereocenters. The number of ether oxygens (including phenoxy) is 1. The van der Waals surface area contributed by atoms with E-state index >= 15 is 0 Å². The molecule has 0 radical (unpaired) electrons. The Morgan fingerprint density at radius 2 is 2.24 bits per heavy atom. The lowest BCUT2D eigenvalue weighted by Gasteiger charge is -2.04. The van der Waals surface area contributed by atoms with Crippen molar-refractivity contribution in [1.82, 2.24) is 4.98 Å². The van der Waals surface area contributed by atoms with Gasteiger partial charge >= 0.3 is 11.8 Å². The zero-order valence-corrected chi connectivity index (χ0v) is 9.07. The van der Waals surface area contributed by atoms with E-state index in [4.69, 9.17) is 11.6 Å². The van der Waals surface area contributed by atoms with Crippen molar-refractivity contribution in [3.05, 3.63) is 32.5 Å². The number of pyridine rings is 1. The molecule has 17 heavy (non-hydrogen) atoms. The number of alkyl halides is 2. The molecule has 92 valence electrons. The van der Waals surface area contributed by atoms with Crippen LogP contribution < -0.4 is 0 Å². The van der Waals surface area contributed by atoms with Crippen LogP contribution in [0, 0.1) is 10.1 Å². The van der Waals surface area contributed by atoms with Gasteiger partial charge in [-0.25, -0.2) is 13.6 Å². The van der Waals surface area contributed by atoms with Gasteiger partial charge in [0.1, 0.15) is 11.1 Å². The molecular weight excluding hydrogens is 262 g/mol. The van der Waals surface area contributed by atoms with E-state index in [0.29, 0.717) is 6.07 Å². The van der Waals surface area contributed by atoms with Crippen molar-refractivity contribution >= 4 is 23.4 Å². The van der Waals surface area contributed by atoms with Crippen LogP contribution in [-0.4, -0.2) is 23.0 Å². The number of aromatic nitrogens is 1. The second-order valence-corrected chi connectivity index (χ2v) is 3.15. The lowest BCUT2D eigenvalue weighted by Crippen LogP contribution is -2.08. The zero-order chi connectivity index (χ0) is 13.2. The monoisotopic (exact) mass is 266 g/mol. The molecule has 9 heteroatoms. The van der Waals surface area contributed by atoms with E-state index in [0.717, 1.165) is 7.11 Å². The third kappa shape index (κ3) is 2.64. The Labute approximate surface area is 98.3 Å². The van der Waals surface area contributed by atoms with Gasteiger partial charge in [0.05, 0.1) is 7.11 Å². The molecule has 0 aliphatic heterocycles. The SMILES string of the molecule is COC(=O)c1cc(C(F)F)c([N+](=O)[O-])nc1Cl. The van der Waals surface area contributed by atoms with Crippen molar-refractivity contribution in [2.45, 2.75) is 6.43 Å². The van der Waals surface area contributed by atoms with Crippen molar-refractivity contribution in [2.75, 3.05) is 7.11 Å². The van der Waals surface area contributed by atoms with E-state index in [-0.39, 0.29) is 0 Å². The molecule has 0 saturated carbocycles. The molecule has 0 unspecified atom stereocenters. The van der Waals surface area contributed by atoms with Crippen LogP contribution in [0.3, 0.4) is 0 Å². The van der Waals surface area contributed by atoms with Gasteiger partial charge in [-0.2, -0.15) is 0 Å². The van der Waals surface area contributed by atoms with Gasteiger partial charge in [-0.3, -0.25) is 0 Å². The van der Waals surface area contributed by atoms with Crippen LogP contribution in [0.4, 0.5) is 14.6 Å². The van der Waals surface area contributed by atoms with E-state index in [2.05, 4.69) is 9.72 Å². The minimum absolute atomic E-state index is 0.449. The maximum Gasteiger partial charge on any atom is 0.374 e. The number of hydrogen-bond donors (Lipinski definition) is 0. The fraction of sp³-hybridized carbons (Fsp3) is 0.250. The van der Waals surface area contributed by atoms with Gasteiger partial charge in [0, 0.05) is 0 Å². The van der Waals surface area contributed by atoms with Crippen LogP contribution in [0.25, 0.3) is 0 Å². The third-order valence-electron chi connectivity index (χ3n) is 1.80. The average Bonchev–Trinajstić information content (AvgIpc) is 2.27. The van der Waals surface area contributed by atoms with Crippen LogP contribution >= 0.6 is 11.6 Å². The molecule has 1 heterocycles. The maximum atomic E-state index is 12.5. The molecule has 0 aliphatic carbocycles. The van der Waals surface area contributed by atoms with E-state index in [1.807, 2.05) is 0 Å². The summed E-state index contributed by atoms with van der Waals surface area (Å²) in [5.74, 6) is -2.09. The summed E-state index contributed by atoms with van der Waals surface area (Å²) in [5.41, 5.74) is -1.44. The first-order chi connectivity index (χ1) is 7.88. The van der Waals surface area contributed by atoms with Crippen molar-refractivity contribution in [3.63, 3.8) is 0 Å². The number of methoxy groups -OCH3 is 1. The van der Waals surface area contributed by atoms with Crippen LogP contribution in [0.2, 0.25) is 5.15 Å². The fourth-order valence-corrected chi connectivity index (χ4v) is 1.27. The van der Waals surface area contributed by atoms with Crippen molar-refractivity contribution in [1.29, 1.82) is 0 Å².